The molecular formula is C32H29N3O3. The predicted octanol–water partition coefficient (Wildman–Crippen LogP) is 5.84. The molecule has 0 bridgehead atoms. The predicted molar refractivity (Wildman–Crippen MR) is 150 cm³/mol. The van der Waals surface area contributed by atoms with Crippen LogP contribution in [0.3, 0.4) is 0 Å². The lowest BCUT2D eigenvalue weighted by atomic mass is 10.1. The molecule has 0 aliphatic carbocycles. The van der Waals surface area contributed by atoms with E-state index in [0.29, 0.717) is 46.7 Å². The first kappa shape index (κ1) is 25.0. The number of ether oxygens (including phenoxy) is 1. The second-order valence-corrected chi connectivity index (χ2v) is 9.10. The van der Waals surface area contributed by atoms with Gasteiger partial charge in [0.1, 0.15) is 11.6 Å². The summed E-state index contributed by atoms with van der Waals surface area (Å²) in [5.74, 6) is 1.07. The molecule has 4 aromatic carbocycles. The van der Waals surface area contributed by atoms with Crippen molar-refractivity contribution in [3.63, 3.8) is 0 Å². The zero-order chi connectivity index (χ0) is 26.5. The average Bonchev–Trinajstić information content (AvgIpc) is 2.98. The maximum Gasteiger partial charge on any atom is 0.266 e. The van der Waals surface area contributed by atoms with Gasteiger partial charge in [-0.3, -0.25) is 14.2 Å². The second-order valence-electron chi connectivity index (χ2n) is 9.10. The number of benzene rings is 4. The summed E-state index contributed by atoms with van der Waals surface area (Å²) in [5, 5.41) is 0.518. The van der Waals surface area contributed by atoms with E-state index in [-0.39, 0.29) is 11.5 Å². The highest BCUT2D eigenvalue weighted by Gasteiger charge is 2.27. The Morgan fingerprint density at radius 1 is 0.868 bits per heavy atom. The molecule has 38 heavy (non-hydrogen) atoms. The monoisotopic (exact) mass is 503 g/mol. The van der Waals surface area contributed by atoms with Crippen LogP contribution in [-0.4, -0.2) is 34.0 Å². The van der Waals surface area contributed by atoms with Crippen LogP contribution in [0.1, 0.15) is 34.7 Å². The Morgan fingerprint density at radius 2 is 1.50 bits per heavy atom. The number of hydrogen-bond donors (Lipinski definition) is 0. The van der Waals surface area contributed by atoms with Crippen LogP contribution in [0.15, 0.2) is 114 Å². The molecule has 190 valence electrons. The van der Waals surface area contributed by atoms with Crippen molar-refractivity contribution in [2.24, 2.45) is 0 Å². The number of carbonyl (C=O) groups is 1. The van der Waals surface area contributed by atoms with E-state index in [9.17, 15) is 9.59 Å². The normalized spacial score (nSPS) is 11.7. The molecule has 1 aromatic heterocycles. The van der Waals surface area contributed by atoms with E-state index < -0.39 is 6.04 Å². The fourth-order valence-electron chi connectivity index (χ4n) is 4.66. The van der Waals surface area contributed by atoms with Crippen LogP contribution in [0, 0.1) is 0 Å². The zero-order valence-electron chi connectivity index (χ0n) is 21.5. The fraction of sp³-hybridized carbons (Fsp3) is 0.156. The highest BCUT2D eigenvalue weighted by molar-refractivity contribution is 5.94. The Kier molecular flexibility index (Phi) is 7.31. The molecule has 0 aliphatic rings. The van der Waals surface area contributed by atoms with Crippen molar-refractivity contribution < 1.29 is 9.53 Å². The number of para-hydroxylation sites is 1. The summed E-state index contributed by atoms with van der Waals surface area (Å²) in [7, 11) is 1.60. The number of nitrogens with zero attached hydrogens (tertiary/aromatic N) is 3. The van der Waals surface area contributed by atoms with Crippen molar-refractivity contribution in [2.75, 3.05) is 13.7 Å². The van der Waals surface area contributed by atoms with E-state index in [2.05, 4.69) is 12.1 Å². The Balaban J connectivity index is 1.64. The number of carbonyl (C=O) groups excluding carboxylic acids is 1. The molecule has 5 aromatic rings. The van der Waals surface area contributed by atoms with Gasteiger partial charge in [0.15, 0.2) is 0 Å². The minimum absolute atomic E-state index is 0.113. The number of fused-ring (bicyclic) bond motifs is 1. The third kappa shape index (κ3) is 5.06. The molecular weight excluding hydrogens is 474 g/mol. The van der Waals surface area contributed by atoms with Crippen LogP contribution >= 0.6 is 0 Å². The zero-order valence-corrected chi connectivity index (χ0v) is 21.5. The quantitative estimate of drug-likeness (QED) is 0.267. The van der Waals surface area contributed by atoms with Gasteiger partial charge in [0, 0.05) is 12.1 Å². The van der Waals surface area contributed by atoms with Gasteiger partial charge in [0.25, 0.3) is 11.5 Å². The number of hydrogen-bond acceptors (Lipinski definition) is 4. The van der Waals surface area contributed by atoms with Gasteiger partial charge in [0.05, 0.1) is 29.7 Å². The van der Waals surface area contributed by atoms with Crippen molar-refractivity contribution >= 4 is 16.8 Å². The minimum Gasteiger partial charge on any atom is -0.497 e. The van der Waals surface area contributed by atoms with Crippen LogP contribution in [0.25, 0.3) is 16.6 Å². The maximum absolute atomic E-state index is 13.9. The van der Waals surface area contributed by atoms with Crippen LogP contribution in [0.5, 0.6) is 5.75 Å². The average molecular weight is 504 g/mol. The van der Waals surface area contributed by atoms with E-state index in [4.69, 9.17) is 9.72 Å². The van der Waals surface area contributed by atoms with Gasteiger partial charge in [-0.1, -0.05) is 60.7 Å². The highest BCUT2D eigenvalue weighted by Crippen LogP contribution is 2.26. The van der Waals surface area contributed by atoms with E-state index >= 15 is 0 Å². The molecule has 1 unspecified atom stereocenters. The topological polar surface area (TPSA) is 64.4 Å². The molecule has 6 nitrogen and oxygen atoms in total. The molecule has 1 atom stereocenters. The molecule has 0 aliphatic heterocycles. The van der Waals surface area contributed by atoms with E-state index in [1.54, 1.807) is 22.6 Å². The van der Waals surface area contributed by atoms with Crippen molar-refractivity contribution in [3.8, 4) is 11.4 Å². The van der Waals surface area contributed by atoms with Crippen molar-refractivity contribution in [2.45, 2.75) is 19.4 Å². The van der Waals surface area contributed by atoms with Crippen molar-refractivity contribution in [1.82, 2.24) is 14.5 Å². The lowest BCUT2D eigenvalue weighted by molar-refractivity contribution is 0.0683. The summed E-state index contributed by atoms with van der Waals surface area (Å²) < 4.78 is 6.93. The number of amides is 1. The van der Waals surface area contributed by atoms with Gasteiger partial charge in [-0.25, -0.2) is 4.98 Å². The molecule has 0 saturated carbocycles. The van der Waals surface area contributed by atoms with Crippen LogP contribution < -0.4 is 10.3 Å². The first-order valence-electron chi connectivity index (χ1n) is 12.6. The van der Waals surface area contributed by atoms with Gasteiger partial charge in [-0.05, 0) is 67.4 Å². The molecule has 0 N–H and O–H groups in total. The smallest absolute Gasteiger partial charge is 0.266 e. The second kappa shape index (κ2) is 11.1. The highest BCUT2D eigenvalue weighted by atomic mass is 16.5. The van der Waals surface area contributed by atoms with Gasteiger partial charge < -0.3 is 9.64 Å². The number of rotatable bonds is 8. The van der Waals surface area contributed by atoms with Gasteiger partial charge in [-0.2, -0.15) is 0 Å². The van der Waals surface area contributed by atoms with Gasteiger partial charge in [0.2, 0.25) is 0 Å². The summed E-state index contributed by atoms with van der Waals surface area (Å²) in [6.45, 7) is 2.40. The van der Waals surface area contributed by atoms with Crippen LogP contribution in [0.2, 0.25) is 0 Å². The SMILES string of the molecule is COc1ccc(-n2c(C(C)N(CCc3ccccc3)C(=O)c3ccccc3)nc3ccccc3c2=O)cc1. The lowest BCUT2D eigenvalue weighted by Crippen LogP contribution is -2.38. The largest absolute Gasteiger partial charge is 0.497 e. The Labute approximate surface area is 221 Å². The maximum atomic E-state index is 13.9. The van der Waals surface area contributed by atoms with E-state index in [1.165, 1.54) is 0 Å². The van der Waals surface area contributed by atoms with Gasteiger partial charge in [-0.15, -0.1) is 0 Å². The standard InChI is InChI=1S/C32H29N3O3/c1-23(34(22-21-24-11-5-3-6-12-24)31(36)25-13-7-4-8-14-25)30-33-29-16-10-9-15-28(29)32(37)35(30)26-17-19-27(38-2)20-18-26/h3-20,23H,21-22H2,1-2H3. The Bertz CT molecular complexity index is 1600. The summed E-state index contributed by atoms with van der Waals surface area (Å²) in [6, 6.07) is 33.4. The molecule has 1 amide bonds. The Hall–Kier alpha value is -4.71. The lowest BCUT2D eigenvalue weighted by Gasteiger charge is -2.31. The number of aromatic nitrogens is 2. The molecule has 0 spiro atoms. The van der Waals surface area contributed by atoms with E-state index in [1.807, 2.05) is 97.9 Å². The Morgan fingerprint density at radius 3 is 2.18 bits per heavy atom. The molecule has 0 radical (unpaired) electrons. The third-order valence-electron chi connectivity index (χ3n) is 6.74. The molecule has 0 saturated heterocycles. The van der Waals surface area contributed by atoms with Crippen LogP contribution in [0.4, 0.5) is 0 Å². The first-order valence-corrected chi connectivity index (χ1v) is 12.6. The third-order valence-corrected chi connectivity index (χ3v) is 6.74. The van der Waals surface area contributed by atoms with Crippen molar-refractivity contribution in [1.29, 1.82) is 0 Å². The summed E-state index contributed by atoms with van der Waals surface area (Å²) in [5.41, 5.74) is 2.79. The number of methoxy groups -OCH3 is 1. The summed E-state index contributed by atoms with van der Waals surface area (Å²) in [4.78, 5) is 34.4. The van der Waals surface area contributed by atoms with Gasteiger partial charge >= 0.3 is 0 Å². The van der Waals surface area contributed by atoms with Crippen LogP contribution in [-0.2, 0) is 6.42 Å². The summed E-state index contributed by atoms with van der Waals surface area (Å²) in [6.07, 6.45) is 0.671. The van der Waals surface area contributed by atoms with E-state index in [0.717, 1.165) is 5.56 Å². The molecule has 1 heterocycles. The van der Waals surface area contributed by atoms with Crippen molar-refractivity contribution in [3.05, 3.63) is 136 Å². The fourth-order valence-corrected chi connectivity index (χ4v) is 4.66. The molecule has 6 heteroatoms. The minimum atomic E-state index is -0.495. The molecule has 5 rings (SSSR count). The molecule has 0 fully saturated rings. The summed E-state index contributed by atoms with van der Waals surface area (Å²) >= 11 is 0. The first-order chi connectivity index (χ1) is 18.6.